The smallest absolute Gasteiger partial charge is 0.251 e. The first-order chi connectivity index (χ1) is 24.2. The van der Waals surface area contributed by atoms with Crippen molar-refractivity contribution in [1.82, 2.24) is 10.3 Å². The van der Waals surface area contributed by atoms with Crippen LogP contribution in [0.15, 0.2) is 60.2 Å². The Hall–Kier alpha value is -4.40. The van der Waals surface area contributed by atoms with Crippen molar-refractivity contribution in [2.45, 2.75) is 77.0 Å². The Bertz CT molecular complexity index is 2060. The fraction of sp³-hybridized carbons (Fsp3) is 0.366. The normalized spacial score (nSPS) is 17.2. The second-order valence-electron chi connectivity index (χ2n) is 14.1. The van der Waals surface area contributed by atoms with Crippen molar-refractivity contribution >= 4 is 58.1 Å². The summed E-state index contributed by atoms with van der Waals surface area (Å²) in [5.74, 6) is -1.26. The summed E-state index contributed by atoms with van der Waals surface area (Å²) in [7, 11) is 0. The molecule has 0 saturated carbocycles. The highest BCUT2D eigenvalue weighted by Gasteiger charge is 2.35. The molecule has 0 radical (unpaired) electrons. The molecule has 1 heterocycles. The number of fused-ring (bicyclic) bond motifs is 7. The van der Waals surface area contributed by atoms with Crippen LogP contribution in [0.2, 0.25) is 5.02 Å². The molecule has 3 aromatic carbocycles. The summed E-state index contributed by atoms with van der Waals surface area (Å²) in [6, 6.07) is 12.9. The van der Waals surface area contributed by atoms with Gasteiger partial charge in [0.2, 0.25) is 5.78 Å². The first-order valence-corrected chi connectivity index (χ1v) is 18.2. The number of hydrogen-bond acceptors (Lipinski definition) is 7. The molecule has 10 heteroatoms. The van der Waals surface area contributed by atoms with Crippen molar-refractivity contribution in [3.05, 3.63) is 104 Å². The first-order valence-electron chi connectivity index (χ1n) is 17.8. The Morgan fingerprint density at radius 2 is 1.59 bits per heavy atom. The molecular weight excluding hydrogens is 685 g/mol. The number of aromatic nitrogens is 1. The van der Waals surface area contributed by atoms with Crippen LogP contribution in [-0.2, 0) is 6.42 Å². The molecule has 1 amide bonds. The maximum atomic E-state index is 13.1. The fourth-order valence-corrected chi connectivity index (χ4v) is 8.31. The lowest BCUT2D eigenvalue weighted by molar-refractivity contribution is 0.0948. The zero-order valence-corrected chi connectivity index (χ0v) is 30.3. The van der Waals surface area contributed by atoms with Crippen molar-refractivity contribution in [3.63, 3.8) is 0 Å². The maximum Gasteiger partial charge on any atom is 0.251 e. The number of nitrogens with zero attached hydrogens (tertiary/aromatic N) is 1. The predicted octanol–water partition coefficient (Wildman–Crippen LogP) is 9.07. The van der Waals surface area contributed by atoms with E-state index in [1.807, 2.05) is 12.1 Å². The van der Waals surface area contributed by atoms with Gasteiger partial charge in [0, 0.05) is 57.1 Å². The first kappa shape index (κ1) is 36.4. The van der Waals surface area contributed by atoms with E-state index in [-0.39, 0.29) is 46.0 Å². The van der Waals surface area contributed by atoms with Gasteiger partial charge < -0.3 is 20.8 Å². The third kappa shape index (κ3) is 7.35. The average molecular weight is 729 g/mol. The highest BCUT2D eigenvalue weighted by atomic mass is 35.5. The summed E-state index contributed by atoms with van der Waals surface area (Å²) in [5, 5.41) is 29.3. The van der Waals surface area contributed by atoms with Crippen LogP contribution in [0, 0.1) is 5.92 Å². The van der Waals surface area contributed by atoms with Crippen molar-refractivity contribution in [2.75, 3.05) is 18.4 Å². The van der Waals surface area contributed by atoms with Gasteiger partial charge in [0.05, 0.1) is 16.6 Å². The quantitative estimate of drug-likeness (QED) is 0.0746. The number of aromatic hydroxyl groups is 2. The Balaban J connectivity index is 0.00000448. The van der Waals surface area contributed by atoms with E-state index in [0.29, 0.717) is 23.4 Å². The molecule has 4 N–H and O–H groups in total. The van der Waals surface area contributed by atoms with E-state index >= 15 is 0 Å². The summed E-state index contributed by atoms with van der Waals surface area (Å²) in [5.41, 5.74) is 6.14. The van der Waals surface area contributed by atoms with Crippen molar-refractivity contribution in [1.29, 1.82) is 0 Å². The number of pyridine rings is 1. The number of rotatable bonds is 12. The monoisotopic (exact) mass is 727 g/mol. The van der Waals surface area contributed by atoms with Gasteiger partial charge in [-0.2, -0.15) is 0 Å². The molecule has 0 saturated heterocycles. The summed E-state index contributed by atoms with van der Waals surface area (Å²) in [4.78, 5) is 44.0. The molecule has 3 aliphatic carbocycles. The molecule has 2 unspecified atom stereocenters. The number of unbranched alkanes of at least 4 members (excludes halogenated alkanes) is 6. The SMILES string of the molecule is CC1=CC2Cc3nc4cc(Cl)ccc4c(NCCCCCCCCCNC(=O)c4cc(O)c5c(c4)C(=O)c4cccc(O)c4C5=O)c3C(C1)C2.Cl. The second-order valence-corrected chi connectivity index (χ2v) is 14.5. The zero-order valence-electron chi connectivity index (χ0n) is 28.7. The van der Waals surface area contributed by atoms with E-state index in [0.717, 1.165) is 75.2 Å². The van der Waals surface area contributed by atoms with Gasteiger partial charge in [-0.1, -0.05) is 67.5 Å². The molecule has 4 aromatic rings. The van der Waals surface area contributed by atoms with Gasteiger partial charge in [-0.3, -0.25) is 19.4 Å². The molecule has 0 fully saturated rings. The number of ketones is 2. The molecule has 7 rings (SSSR count). The lowest BCUT2D eigenvalue weighted by atomic mass is 9.71. The Morgan fingerprint density at radius 1 is 0.863 bits per heavy atom. The Kier molecular flexibility index (Phi) is 11.0. The van der Waals surface area contributed by atoms with E-state index < -0.39 is 23.2 Å². The van der Waals surface area contributed by atoms with Gasteiger partial charge >= 0.3 is 0 Å². The van der Waals surface area contributed by atoms with Gasteiger partial charge in [0.15, 0.2) is 5.78 Å². The Morgan fingerprint density at radius 3 is 2.37 bits per heavy atom. The molecule has 2 bridgehead atoms. The molecule has 2 atom stereocenters. The van der Waals surface area contributed by atoms with Crippen LogP contribution in [0.4, 0.5) is 5.69 Å². The Labute approximate surface area is 309 Å². The summed E-state index contributed by atoms with van der Waals surface area (Å²) >= 11 is 6.35. The van der Waals surface area contributed by atoms with E-state index in [1.54, 1.807) is 0 Å². The maximum absolute atomic E-state index is 13.1. The van der Waals surface area contributed by atoms with Crippen LogP contribution >= 0.6 is 24.0 Å². The molecule has 1 aromatic heterocycles. The summed E-state index contributed by atoms with van der Waals surface area (Å²) < 4.78 is 0. The number of phenols is 2. The molecule has 3 aliphatic rings. The van der Waals surface area contributed by atoms with Crippen LogP contribution in [0.1, 0.15) is 124 Å². The lowest BCUT2D eigenvalue weighted by Gasteiger charge is -2.36. The highest BCUT2D eigenvalue weighted by molar-refractivity contribution is 6.31. The average Bonchev–Trinajstić information content (AvgIpc) is 3.08. The number of carbonyl (C=O) groups excluding carboxylic acids is 3. The number of hydrogen-bond donors (Lipinski definition) is 4. The highest BCUT2D eigenvalue weighted by Crippen LogP contribution is 2.47. The number of anilines is 1. The second kappa shape index (κ2) is 15.5. The fourth-order valence-electron chi connectivity index (χ4n) is 8.14. The number of nitrogens with one attached hydrogen (secondary N) is 2. The molecular formula is C41H43Cl2N3O5. The lowest BCUT2D eigenvalue weighted by Crippen LogP contribution is -2.26. The van der Waals surface area contributed by atoms with Gasteiger partial charge in [0.25, 0.3) is 5.91 Å². The molecule has 8 nitrogen and oxygen atoms in total. The van der Waals surface area contributed by atoms with Gasteiger partial charge in [0.1, 0.15) is 11.5 Å². The summed E-state index contributed by atoms with van der Waals surface area (Å²) in [6.07, 6.45) is 13.1. The number of halogens is 2. The van der Waals surface area contributed by atoms with Crippen LogP contribution < -0.4 is 10.6 Å². The third-order valence-electron chi connectivity index (χ3n) is 10.4. The van der Waals surface area contributed by atoms with Crippen molar-refractivity contribution in [3.8, 4) is 11.5 Å². The standard InChI is InChI=1S/C41H42ClN3O5.ClH/c1-23-16-24-18-25(17-23)35-32(19-24)45-31-22-27(42)12-13-28(31)38(35)43-14-7-5-3-2-4-6-8-15-44-41(50)26-20-30-37(34(47)21-26)40(49)36-29(39(30)48)10-9-11-33(36)46;/h9-13,16,20-22,24-25,46-47H,2-8,14-15,17-19H2,1H3,(H,43,45)(H,44,50);1H. The van der Waals surface area contributed by atoms with Crippen LogP contribution in [-0.4, -0.2) is 45.8 Å². The number of amides is 1. The minimum Gasteiger partial charge on any atom is -0.507 e. The van der Waals surface area contributed by atoms with Crippen LogP contribution in [0.25, 0.3) is 10.9 Å². The molecule has 0 aliphatic heterocycles. The van der Waals surface area contributed by atoms with Crippen LogP contribution in [0.5, 0.6) is 11.5 Å². The van der Waals surface area contributed by atoms with E-state index in [9.17, 15) is 24.6 Å². The largest absolute Gasteiger partial charge is 0.507 e. The topological polar surface area (TPSA) is 129 Å². The number of allylic oxidation sites excluding steroid dienone is 2. The molecule has 0 spiro atoms. The van der Waals surface area contributed by atoms with Crippen molar-refractivity contribution in [2.24, 2.45) is 5.92 Å². The molecule has 51 heavy (non-hydrogen) atoms. The van der Waals surface area contributed by atoms with Gasteiger partial charge in [-0.05, 0) is 87.3 Å². The van der Waals surface area contributed by atoms with Crippen molar-refractivity contribution < 1.29 is 24.6 Å². The molecule has 266 valence electrons. The number of benzene rings is 3. The minimum absolute atomic E-state index is 0. The van der Waals surface area contributed by atoms with E-state index in [1.165, 1.54) is 59.3 Å². The predicted molar refractivity (Wildman–Crippen MR) is 203 cm³/mol. The third-order valence-corrected chi connectivity index (χ3v) is 10.6. The summed E-state index contributed by atoms with van der Waals surface area (Å²) in [6.45, 7) is 3.64. The van der Waals surface area contributed by atoms with Gasteiger partial charge in [-0.25, -0.2) is 0 Å². The number of phenolic OH excluding ortho intramolecular Hbond substituents is 2. The number of carbonyl (C=O) groups is 3. The zero-order chi connectivity index (χ0) is 34.9. The minimum atomic E-state index is -0.644. The van der Waals surface area contributed by atoms with Crippen LogP contribution in [0.3, 0.4) is 0 Å². The van der Waals surface area contributed by atoms with E-state index in [2.05, 4.69) is 29.7 Å². The van der Waals surface area contributed by atoms with Gasteiger partial charge in [-0.15, -0.1) is 12.4 Å². The van der Waals surface area contributed by atoms with E-state index in [4.69, 9.17) is 16.6 Å².